The van der Waals surface area contributed by atoms with Gasteiger partial charge in [-0.15, -0.1) is 0 Å². The van der Waals surface area contributed by atoms with Crippen molar-refractivity contribution in [3.63, 3.8) is 0 Å². The number of urea groups is 1. The average Bonchev–Trinajstić information content (AvgIpc) is 3.10. The van der Waals surface area contributed by atoms with E-state index in [1.54, 1.807) is 24.3 Å². The molecule has 1 aromatic carbocycles. The summed E-state index contributed by atoms with van der Waals surface area (Å²) in [4.78, 5) is 12.1. The van der Waals surface area contributed by atoms with E-state index in [1.807, 2.05) is 0 Å². The van der Waals surface area contributed by atoms with Crippen LogP contribution in [0.3, 0.4) is 0 Å². The van der Waals surface area contributed by atoms with Crippen LogP contribution in [-0.4, -0.2) is 26.2 Å². The van der Waals surface area contributed by atoms with E-state index in [0.717, 1.165) is 38.5 Å². The lowest BCUT2D eigenvalue weighted by Crippen LogP contribution is -2.29. The Morgan fingerprint density at radius 2 is 1.75 bits per heavy atom. The fraction of sp³-hybridized carbons (Fsp3) is 0.611. The lowest BCUT2D eigenvalue weighted by atomic mass is 10.2. The maximum atomic E-state index is 12.5. The van der Waals surface area contributed by atoms with Crippen molar-refractivity contribution in [2.45, 2.75) is 68.4 Å². The molecule has 0 radical (unpaired) electrons. The topological polar surface area (TPSA) is 75.3 Å². The minimum absolute atomic E-state index is 0.247. The molecule has 0 aliphatic heterocycles. The lowest BCUT2D eigenvalue weighted by molar-refractivity contribution is 0.252. The van der Waals surface area contributed by atoms with Crippen LogP contribution in [0.4, 0.5) is 10.5 Å². The molecule has 2 N–H and O–H groups in total. The van der Waals surface area contributed by atoms with E-state index < -0.39 is 9.84 Å². The highest BCUT2D eigenvalue weighted by Gasteiger charge is 2.30. The number of unbranched alkanes of at least 4 members (excludes halogenated alkanes) is 3. The summed E-state index contributed by atoms with van der Waals surface area (Å²) < 4.78 is 25.0. The highest BCUT2D eigenvalue weighted by Crippen LogP contribution is 2.29. The van der Waals surface area contributed by atoms with Gasteiger partial charge in [-0.2, -0.15) is 0 Å². The zero-order valence-electron chi connectivity index (χ0n) is 14.4. The Morgan fingerprint density at radius 1 is 1.08 bits per heavy atom. The molecule has 6 heteroatoms. The molecule has 0 atom stereocenters. The summed E-state index contributed by atoms with van der Waals surface area (Å²) >= 11 is 0. The van der Waals surface area contributed by atoms with E-state index in [4.69, 9.17) is 0 Å². The van der Waals surface area contributed by atoms with Crippen molar-refractivity contribution >= 4 is 21.6 Å². The predicted octanol–water partition coefficient (Wildman–Crippen LogP) is 4.10. The number of carbonyl (C=O) groups is 1. The summed E-state index contributed by atoms with van der Waals surface area (Å²) in [5.41, 5.74) is 0.603. The normalized spacial score (nSPS) is 15.4. The molecule has 0 bridgehead atoms. The van der Waals surface area contributed by atoms with Crippen molar-refractivity contribution in [2.75, 3.05) is 11.9 Å². The summed E-state index contributed by atoms with van der Waals surface area (Å²) in [6.07, 6.45) is 7.92. The van der Waals surface area contributed by atoms with E-state index in [-0.39, 0.29) is 11.3 Å². The van der Waals surface area contributed by atoms with Crippen LogP contribution in [0.25, 0.3) is 0 Å². The van der Waals surface area contributed by atoms with Crippen LogP contribution in [-0.2, 0) is 9.84 Å². The highest BCUT2D eigenvalue weighted by molar-refractivity contribution is 7.92. The second-order valence-corrected chi connectivity index (χ2v) is 8.65. The summed E-state index contributed by atoms with van der Waals surface area (Å²) in [6, 6.07) is 6.23. The molecule has 2 amide bonds. The minimum Gasteiger partial charge on any atom is -0.338 e. The third-order valence-electron chi connectivity index (χ3n) is 4.50. The van der Waals surface area contributed by atoms with Gasteiger partial charge in [0.05, 0.1) is 10.1 Å². The van der Waals surface area contributed by atoms with Gasteiger partial charge < -0.3 is 10.6 Å². The van der Waals surface area contributed by atoms with Crippen LogP contribution in [0, 0.1) is 0 Å². The van der Waals surface area contributed by atoms with E-state index in [1.165, 1.54) is 12.8 Å². The van der Waals surface area contributed by atoms with Crippen LogP contribution in [0.5, 0.6) is 0 Å². The van der Waals surface area contributed by atoms with Crippen molar-refractivity contribution in [1.29, 1.82) is 0 Å². The summed E-state index contributed by atoms with van der Waals surface area (Å²) in [6.45, 7) is 2.80. The van der Waals surface area contributed by atoms with Crippen molar-refractivity contribution in [2.24, 2.45) is 0 Å². The largest absolute Gasteiger partial charge is 0.338 e. The molecule has 1 aromatic rings. The molecular formula is C18H28N2O3S. The maximum absolute atomic E-state index is 12.5. The van der Waals surface area contributed by atoms with Gasteiger partial charge >= 0.3 is 6.03 Å². The SMILES string of the molecule is CCCCCCNC(=O)Nc1ccc(S(=O)(=O)C2CCCC2)cc1. The average molecular weight is 353 g/mol. The number of sulfone groups is 1. The first-order valence-electron chi connectivity index (χ1n) is 8.93. The molecular weight excluding hydrogens is 324 g/mol. The minimum atomic E-state index is -3.24. The first-order chi connectivity index (χ1) is 11.5. The number of hydrogen-bond donors (Lipinski definition) is 2. The van der Waals surface area contributed by atoms with E-state index >= 15 is 0 Å². The number of carbonyl (C=O) groups excluding carboxylic acids is 1. The van der Waals surface area contributed by atoms with Crippen LogP contribution in [0.1, 0.15) is 58.3 Å². The molecule has 2 rings (SSSR count). The molecule has 0 saturated heterocycles. The molecule has 0 spiro atoms. The molecule has 24 heavy (non-hydrogen) atoms. The Bertz CT molecular complexity index is 620. The fourth-order valence-corrected chi connectivity index (χ4v) is 4.90. The molecule has 0 unspecified atom stereocenters. The summed E-state index contributed by atoms with van der Waals surface area (Å²) in [7, 11) is -3.24. The van der Waals surface area contributed by atoms with E-state index in [9.17, 15) is 13.2 Å². The third-order valence-corrected chi connectivity index (χ3v) is 6.78. The van der Waals surface area contributed by atoms with Gasteiger partial charge in [-0.25, -0.2) is 13.2 Å². The fourth-order valence-electron chi connectivity index (χ4n) is 3.05. The standard InChI is InChI=1S/C18H28N2O3S/c1-2-3-4-7-14-19-18(21)20-15-10-12-17(13-11-15)24(22,23)16-8-5-6-9-16/h10-13,16H,2-9,14H2,1H3,(H2,19,20,21). The Morgan fingerprint density at radius 3 is 2.38 bits per heavy atom. The molecule has 1 saturated carbocycles. The number of amides is 2. The lowest BCUT2D eigenvalue weighted by Gasteiger charge is -2.12. The Balaban J connectivity index is 1.84. The third kappa shape index (κ3) is 5.23. The van der Waals surface area contributed by atoms with Gasteiger partial charge in [0, 0.05) is 12.2 Å². The maximum Gasteiger partial charge on any atom is 0.319 e. The van der Waals surface area contributed by atoms with E-state index in [2.05, 4.69) is 17.6 Å². The second-order valence-electron chi connectivity index (χ2n) is 6.42. The van der Waals surface area contributed by atoms with Crippen molar-refractivity contribution in [1.82, 2.24) is 5.32 Å². The Kier molecular flexibility index (Phi) is 7.09. The van der Waals surface area contributed by atoms with Gasteiger partial charge in [0.1, 0.15) is 0 Å². The zero-order chi connectivity index (χ0) is 17.4. The molecule has 0 heterocycles. The van der Waals surface area contributed by atoms with E-state index in [0.29, 0.717) is 17.1 Å². The van der Waals surface area contributed by atoms with Gasteiger partial charge in [-0.3, -0.25) is 0 Å². The molecule has 1 aliphatic carbocycles. The van der Waals surface area contributed by atoms with Crippen LogP contribution in [0.2, 0.25) is 0 Å². The van der Waals surface area contributed by atoms with Gasteiger partial charge in [-0.1, -0.05) is 39.0 Å². The monoisotopic (exact) mass is 352 g/mol. The highest BCUT2D eigenvalue weighted by atomic mass is 32.2. The van der Waals surface area contributed by atoms with Crippen LogP contribution >= 0.6 is 0 Å². The summed E-state index contributed by atoms with van der Waals surface area (Å²) in [5, 5.41) is 5.30. The van der Waals surface area contributed by atoms with Crippen LogP contribution < -0.4 is 10.6 Å². The molecule has 134 valence electrons. The quantitative estimate of drug-likeness (QED) is 0.692. The van der Waals surface area contributed by atoms with Gasteiger partial charge in [-0.05, 0) is 43.5 Å². The zero-order valence-corrected chi connectivity index (χ0v) is 15.2. The second kappa shape index (κ2) is 9.06. The number of rotatable bonds is 8. The number of benzene rings is 1. The van der Waals surface area contributed by atoms with Crippen molar-refractivity contribution in [3.8, 4) is 0 Å². The van der Waals surface area contributed by atoms with Crippen molar-refractivity contribution < 1.29 is 13.2 Å². The van der Waals surface area contributed by atoms with Crippen molar-refractivity contribution in [3.05, 3.63) is 24.3 Å². The van der Waals surface area contributed by atoms with Gasteiger partial charge in [0.15, 0.2) is 9.84 Å². The number of nitrogens with one attached hydrogen (secondary N) is 2. The van der Waals surface area contributed by atoms with Gasteiger partial charge in [0.25, 0.3) is 0 Å². The Hall–Kier alpha value is -1.56. The first kappa shape index (κ1) is 18.8. The molecule has 0 aromatic heterocycles. The number of hydrogen-bond acceptors (Lipinski definition) is 3. The predicted molar refractivity (Wildman–Crippen MR) is 97.0 cm³/mol. The summed E-state index contributed by atoms with van der Waals surface area (Å²) in [5.74, 6) is 0. The Labute approximate surface area is 145 Å². The first-order valence-corrected chi connectivity index (χ1v) is 10.5. The molecule has 1 fully saturated rings. The van der Waals surface area contributed by atoms with Gasteiger partial charge in [0.2, 0.25) is 0 Å². The molecule has 5 nitrogen and oxygen atoms in total. The smallest absolute Gasteiger partial charge is 0.319 e. The molecule has 1 aliphatic rings. The van der Waals surface area contributed by atoms with Crippen LogP contribution in [0.15, 0.2) is 29.2 Å². The number of anilines is 1.